The van der Waals surface area contributed by atoms with Crippen molar-refractivity contribution in [2.24, 2.45) is 4.99 Å². The molecular formula is C18H33N5O2. The Hall–Kier alpha value is -1.34. The van der Waals surface area contributed by atoms with Gasteiger partial charge in [0.1, 0.15) is 0 Å². The number of ether oxygens (including phenoxy) is 1. The zero-order chi connectivity index (χ0) is 17.5. The molecule has 2 aliphatic heterocycles. The number of nitrogens with one attached hydrogen (secondary N) is 2. The Kier molecular flexibility index (Phi) is 6.93. The first-order valence-electron chi connectivity index (χ1n) is 9.83. The summed E-state index contributed by atoms with van der Waals surface area (Å²) in [5.41, 5.74) is 0. The van der Waals surface area contributed by atoms with Gasteiger partial charge in [-0.05, 0) is 19.3 Å². The topological polar surface area (TPSA) is 69.2 Å². The number of rotatable bonds is 4. The summed E-state index contributed by atoms with van der Waals surface area (Å²) >= 11 is 0. The number of guanidine groups is 1. The molecule has 0 aromatic rings. The van der Waals surface area contributed by atoms with Gasteiger partial charge in [0.25, 0.3) is 0 Å². The van der Waals surface area contributed by atoms with E-state index in [1.54, 1.807) is 7.05 Å². The van der Waals surface area contributed by atoms with Gasteiger partial charge in [-0.15, -0.1) is 0 Å². The highest BCUT2D eigenvalue weighted by Crippen LogP contribution is 2.18. The Morgan fingerprint density at radius 2 is 1.88 bits per heavy atom. The smallest absolute Gasteiger partial charge is 0.239 e. The van der Waals surface area contributed by atoms with Gasteiger partial charge >= 0.3 is 0 Å². The molecule has 0 aromatic carbocycles. The lowest BCUT2D eigenvalue weighted by Crippen LogP contribution is -2.48. The molecule has 1 saturated carbocycles. The van der Waals surface area contributed by atoms with E-state index in [2.05, 4.69) is 25.4 Å². The Balaban J connectivity index is 1.40. The fourth-order valence-corrected chi connectivity index (χ4v) is 4.19. The molecule has 0 radical (unpaired) electrons. The molecule has 7 nitrogen and oxygen atoms in total. The summed E-state index contributed by atoms with van der Waals surface area (Å²) < 4.78 is 5.45. The normalized spacial score (nSPS) is 26.7. The van der Waals surface area contributed by atoms with Crippen LogP contribution in [0.1, 0.15) is 38.5 Å². The van der Waals surface area contributed by atoms with Crippen molar-refractivity contribution in [2.45, 2.75) is 50.6 Å². The maximum Gasteiger partial charge on any atom is 0.239 e. The highest BCUT2D eigenvalue weighted by Gasteiger charge is 2.30. The van der Waals surface area contributed by atoms with Crippen LogP contribution in [0.25, 0.3) is 0 Å². The van der Waals surface area contributed by atoms with Gasteiger partial charge < -0.3 is 20.3 Å². The largest absolute Gasteiger partial charge is 0.379 e. The van der Waals surface area contributed by atoms with Crippen molar-refractivity contribution >= 4 is 11.9 Å². The number of likely N-dealkylation sites (tertiary alicyclic amines) is 1. The summed E-state index contributed by atoms with van der Waals surface area (Å²) in [5, 5.41) is 6.40. The average Bonchev–Trinajstić information content (AvgIpc) is 3.14. The van der Waals surface area contributed by atoms with Crippen molar-refractivity contribution in [2.75, 3.05) is 53.0 Å². The van der Waals surface area contributed by atoms with E-state index in [4.69, 9.17) is 4.74 Å². The van der Waals surface area contributed by atoms with E-state index in [1.807, 2.05) is 0 Å². The summed E-state index contributed by atoms with van der Waals surface area (Å²) in [6, 6.07) is 0.932. The molecule has 142 valence electrons. The van der Waals surface area contributed by atoms with Crippen LogP contribution in [-0.2, 0) is 9.53 Å². The Labute approximate surface area is 151 Å². The lowest BCUT2D eigenvalue weighted by atomic mass is 9.95. The summed E-state index contributed by atoms with van der Waals surface area (Å²) in [5.74, 6) is 0.923. The third-order valence-corrected chi connectivity index (χ3v) is 5.61. The highest BCUT2D eigenvalue weighted by molar-refractivity contribution is 5.86. The molecule has 0 bridgehead atoms. The Morgan fingerprint density at radius 3 is 2.60 bits per heavy atom. The predicted molar refractivity (Wildman–Crippen MR) is 98.7 cm³/mol. The first kappa shape index (κ1) is 18.5. The minimum Gasteiger partial charge on any atom is -0.379 e. The van der Waals surface area contributed by atoms with E-state index in [9.17, 15) is 4.79 Å². The lowest BCUT2D eigenvalue weighted by Gasteiger charge is -2.32. The first-order chi connectivity index (χ1) is 12.3. The van der Waals surface area contributed by atoms with Crippen LogP contribution in [0, 0.1) is 0 Å². The van der Waals surface area contributed by atoms with E-state index < -0.39 is 0 Å². The first-order valence-corrected chi connectivity index (χ1v) is 9.83. The third kappa shape index (κ3) is 5.31. The van der Waals surface area contributed by atoms with Gasteiger partial charge in [0, 0.05) is 45.3 Å². The molecule has 2 saturated heterocycles. The second-order valence-corrected chi connectivity index (χ2v) is 7.34. The van der Waals surface area contributed by atoms with Gasteiger partial charge in [-0.3, -0.25) is 14.7 Å². The molecule has 2 N–H and O–H groups in total. The maximum atomic E-state index is 12.2. The van der Waals surface area contributed by atoms with Gasteiger partial charge in [0.15, 0.2) is 5.96 Å². The van der Waals surface area contributed by atoms with Crippen molar-refractivity contribution in [3.8, 4) is 0 Å². The van der Waals surface area contributed by atoms with E-state index in [-0.39, 0.29) is 5.91 Å². The zero-order valence-corrected chi connectivity index (χ0v) is 15.5. The number of amides is 1. The number of hydrogen-bond acceptors (Lipinski definition) is 4. The molecule has 7 heteroatoms. The Morgan fingerprint density at radius 1 is 1.12 bits per heavy atom. The molecule has 1 unspecified atom stereocenters. The molecule has 3 rings (SSSR count). The molecule has 1 atom stereocenters. The van der Waals surface area contributed by atoms with Crippen LogP contribution in [-0.4, -0.2) is 86.7 Å². The zero-order valence-electron chi connectivity index (χ0n) is 15.5. The monoisotopic (exact) mass is 351 g/mol. The van der Waals surface area contributed by atoms with Crippen molar-refractivity contribution in [1.29, 1.82) is 0 Å². The fourth-order valence-electron chi connectivity index (χ4n) is 4.19. The van der Waals surface area contributed by atoms with E-state index in [1.165, 1.54) is 19.3 Å². The third-order valence-electron chi connectivity index (χ3n) is 5.61. The standard InChI is InChI=1S/C18H33N5O2/c1-19-18(20-13-17(24)21-15-5-3-2-4-6-15)23-8-7-16(14-23)22-9-11-25-12-10-22/h15-16H,2-14H2,1H3,(H,19,20)(H,21,24). The SMILES string of the molecule is CN=C(NCC(=O)NC1CCCCC1)N1CCC(N2CCOCC2)C1. The summed E-state index contributed by atoms with van der Waals surface area (Å²) in [6.07, 6.45) is 7.15. The minimum absolute atomic E-state index is 0.0805. The van der Waals surface area contributed by atoms with Crippen LogP contribution in [0.3, 0.4) is 0 Å². The van der Waals surface area contributed by atoms with Gasteiger partial charge in [-0.2, -0.15) is 0 Å². The predicted octanol–water partition coefficient (Wildman–Crippen LogP) is 0.417. The van der Waals surface area contributed by atoms with Gasteiger partial charge in [0.2, 0.25) is 5.91 Å². The molecule has 2 heterocycles. The molecule has 3 fully saturated rings. The van der Waals surface area contributed by atoms with Gasteiger partial charge in [-0.1, -0.05) is 19.3 Å². The quantitative estimate of drug-likeness (QED) is 0.567. The van der Waals surface area contributed by atoms with Crippen LogP contribution >= 0.6 is 0 Å². The molecule has 3 aliphatic rings. The van der Waals surface area contributed by atoms with Crippen LogP contribution in [0.15, 0.2) is 4.99 Å². The second kappa shape index (κ2) is 9.38. The van der Waals surface area contributed by atoms with Crippen LogP contribution < -0.4 is 10.6 Å². The van der Waals surface area contributed by atoms with E-state index in [0.29, 0.717) is 18.6 Å². The number of aliphatic imine (C=N–C) groups is 1. The second-order valence-electron chi connectivity index (χ2n) is 7.34. The highest BCUT2D eigenvalue weighted by atomic mass is 16.5. The molecule has 25 heavy (non-hydrogen) atoms. The number of hydrogen-bond donors (Lipinski definition) is 2. The van der Waals surface area contributed by atoms with E-state index in [0.717, 1.165) is 64.6 Å². The molecule has 0 aromatic heterocycles. The maximum absolute atomic E-state index is 12.2. The van der Waals surface area contributed by atoms with Crippen molar-refractivity contribution < 1.29 is 9.53 Å². The van der Waals surface area contributed by atoms with Gasteiger partial charge in [-0.25, -0.2) is 0 Å². The van der Waals surface area contributed by atoms with Crippen LogP contribution in [0.2, 0.25) is 0 Å². The average molecular weight is 351 g/mol. The van der Waals surface area contributed by atoms with Crippen molar-refractivity contribution in [3.05, 3.63) is 0 Å². The number of carbonyl (C=O) groups excluding carboxylic acids is 1. The van der Waals surface area contributed by atoms with Crippen LogP contribution in [0.5, 0.6) is 0 Å². The summed E-state index contributed by atoms with van der Waals surface area (Å²) in [7, 11) is 1.80. The van der Waals surface area contributed by atoms with Crippen molar-refractivity contribution in [3.63, 3.8) is 0 Å². The molecule has 0 spiro atoms. The van der Waals surface area contributed by atoms with Gasteiger partial charge in [0.05, 0.1) is 19.8 Å². The summed E-state index contributed by atoms with van der Waals surface area (Å²) in [4.78, 5) is 21.4. The lowest BCUT2D eigenvalue weighted by molar-refractivity contribution is -0.120. The number of nitrogens with zero attached hydrogens (tertiary/aromatic N) is 3. The fraction of sp³-hybridized carbons (Fsp3) is 0.889. The number of carbonyl (C=O) groups is 1. The number of morpholine rings is 1. The molecule has 1 amide bonds. The minimum atomic E-state index is 0.0805. The molecule has 1 aliphatic carbocycles. The van der Waals surface area contributed by atoms with E-state index >= 15 is 0 Å². The molecular weight excluding hydrogens is 318 g/mol. The van der Waals surface area contributed by atoms with Crippen molar-refractivity contribution in [1.82, 2.24) is 20.4 Å². The van der Waals surface area contributed by atoms with Crippen LogP contribution in [0.4, 0.5) is 0 Å². The summed E-state index contributed by atoms with van der Waals surface area (Å²) in [6.45, 7) is 6.00. The Bertz CT molecular complexity index is 458.